The first-order valence-corrected chi connectivity index (χ1v) is 9.31. The summed E-state index contributed by atoms with van der Waals surface area (Å²) in [6.07, 6.45) is 6.95. The zero-order valence-electron chi connectivity index (χ0n) is 14.3. The van der Waals surface area contributed by atoms with E-state index in [1.165, 1.54) is 30.2 Å². The summed E-state index contributed by atoms with van der Waals surface area (Å²) in [6.45, 7) is 1.33. The third-order valence-corrected chi connectivity index (χ3v) is 5.82. The van der Waals surface area contributed by atoms with Crippen LogP contribution in [0.15, 0.2) is 18.2 Å². The van der Waals surface area contributed by atoms with Crippen molar-refractivity contribution in [2.45, 2.75) is 51.0 Å². The van der Waals surface area contributed by atoms with Crippen molar-refractivity contribution in [3.63, 3.8) is 0 Å². The number of rotatable bonds is 2. The number of carbonyl (C=O) groups excluding carboxylic acids is 2. The van der Waals surface area contributed by atoms with Crippen LogP contribution in [0, 0.1) is 11.7 Å². The van der Waals surface area contributed by atoms with Gasteiger partial charge in [-0.25, -0.2) is 9.18 Å². The standard InChI is InChI=1S/C19H24FN3O2/c20-15-12-14(8-9-17(15)22-10-3-7-18(22)24)21-19(25)23-11-2-5-13-4-1-6-16(13)23/h8-9,12-13,16H,1-7,10-11H2,(H,21,25)/t13-,16+/m0/s1. The quantitative estimate of drug-likeness (QED) is 0.887. The van der Waals surface area contributed by atoms with E-state index >= 15 is 0 Å². The van der Waals surface area contributed by atoms with E-state index in [0.29, 0.717) is 36.3 Å². The van der Waals surface area contributed by atoms with Gasteiger partial charge in [-0.1, -0.05) is 6.42 Å². The van der Waals surface area contributed by atoms with Crippen LogP contribution in [0.4, 0.5) is 20.6 Å². The van der Waals surface area contributed by atoms with Crippen LogP contribution >= 0.6 is 0 Å². The van der Waals surface area contributed by atoms with Gasteiger partial charge in [0.15, 0.2) is 0 Å². The van der Waals surface area contributed by atoms with Crippen molar-refractivity contribution in [1.29, 1.82) is 0 Å². The van der Waals surface area contributed by atoms with Gasteiger partial charge in [-0.2, -0.15) is 0 Å². The molecule has 3 fully saturated rings. The van der Waals surface area contributed by atoms with Crippen molar-refractivity contribution >= 4 is 23.3 Å². The molecular formula is C19H24FN3O2. The predicted molar refractivity (Wildman–Crippen MR) is 94.1 cm³/mol. The molecule has 2 saturated heterocycles. The van der Waals surface area contributed by atoms with Gasteiger partial charge >= 0.3 is 6.03 Å². The largest absolute Gasteiger partial charge is 0.322 e. The van der Waals surface area contributed by atoms with Gasteiger partial charge in [-0.15, -0.1) is 0 Å². The number of anilines is 2. The number of piperidine rings is 1. The molecule has 0 spiro atoms. The lowest BCUT2D eigenvalue weighted by molar-refractivity contribution is -0.117. The molecule has 5 nitrogen and oxygen atoms in total. The fourth-order valence-corrected chi connectivity index (χ4v) is 4.61. The highest BCUT2D eigenvalue weighted by Crippen LogP contribution is 2.37. The summed E-state index contributed by atoms with van der Waals surface area (Å²) in [6, 6.07) is 4.77. The van der Waals surface area contributed by atoms with Crippen LogP contribution in [0.3, 0.4) is 0 Å². The first-order chi connectivity index (χ1) is 12.1. The number of nitrogens with zero attached hydrogens (tertiary/aromatic N) is 2. The first-order valence-electron chi connectivity index (χ1n) is 9.31. The molecule has 1 aromatic rings. The fraction of sp³-hybridized carbons (Fsp3) is 0.579. The van der Waals surface area contributed by atoms with Gasteiger partial charge in [0, 0.05) is 31.2 Å². The normalized spacial score (nSPS) is 26.0. The second-order valence-electron chi connectivity index (χ2n) is 7.34. The molecule has 1 N–H and O–H groups in total. The minimum Gasteiger partial charge on any atom is -0.321 e. The number of fused-ring (bicyclic) bond motifs is 1. The second-order valence-corrected chi connectivity index (χ2v) is 7.34. The highest BCUT2D eigenvalue weighted by Gasteiger charge is 2.37. The number of amides is 3. The van der Waals surface area contributed by atoms with Crippen molar-refractivity contribution in [2.24, 2.45) is 5.92 Å². The summed E-state index contributed by atoms with van der Waals surface area (Å²) in [5.74, 6) is 0.113. The number of nitrogens with one attached hydrogen (secondary N) is 1. The number of hydrogen-bond acceptors (Lipinski definition) is 2. The van der Waals surface area contributed by atoms with Gasteiger partial charge in [0.25, 0.3) is 0 Å². The Bertz CT molecular complexity index is 693. The molecule has 0 bridgehead atoms. The minimum atomic E-state index is -0.467. The topological polar surface area (TPSA) is 52.7 Å². The van der Waals surface area contributed by atoms with Crippen LogP contribution in [-0.4, -0.2) is 36.0 Å². The maximum absolute atomic E-state index is 14.4. The third-order valence-electron chi connectivity index (χ3n) is 5.82. The number of likely N-dealkylation sites (tertiary alicyclic amines) is 1. The lowest BCUT2D eigenvalue weighted by atomic mass is 9.92. The van der Waals surface area contributed by atoms with Crippen LogP contribution in [0.2, 0.25) is 0 Å². The molecular weight excluding hydrogens is 321 g/mol. The van der Waals surface area contributed by atoms with Gasteiger partial charge in [0.05, 0.1) is 5.69 Å². The Kier molecular flexibility index (Phi) is 4.36. The van der Waals surface area contributed by atoms with E-state index in [1.807, 2.05) is 4.90 Å². The van der Waals surface area contributed by atoms with E-state index in [9.17, 15) is 14.0 Å². The minimum absolute atomic E-state index is 0.0451. The number of carbonyl (C=O) groups is 2. The zero-order valence-corrected chi connectivity index (χ0v) is 14.3. The summed E-state index contributed by atoms with van der Waals surface area (Å²) in [7, 11) is 0. The van der Waals surface area contributed by atoms with Crippen LogP contribution < -0.4 is 10.2 Å². The lowest BCUT2D eigenvalue weighted by Crippen LogP contribution is -2.48. The Labute approximate surface area is 147 Å². The molecule has 1 aromatic carbocycles. The molecule has 2 heterocycles. The van der Waals surface area contributed by atoms with E-state index in [-0.39, 0.29) is 11.9 Å². The smallest absolute Gasteiger partial charge is 0.321 e. The summed E-state index contributed by atoms with van der Waals surface area (Å²) in [5, 5.41) is 2.84. The number of benzene rings is 1. The summed E-state index contributed by atoms with van der Waals surface area (Å²) in [5.41, 5.74) is 0.743. The average molecular weight is 345 g/mol. The van der Waals surface area contributed by atoms with Crippen molar-refractivity contribution in [1.82, 2.24) is 4.90 Å². The van der Waals surface area contributed by atoms with Crippen LogP contribution in [0.1, 0.15) is 44.9 Å². The van der Waals surface area contributed by atoms with E-state index in [0.717, 1.165) is 25.8 Å². The number of hydrogen-bond donors (Lipinski definition) is 1. The molecule has 0 unspecified atom stereocenters. The number of halogens is 1. The van der Waals surface area contributed by atoms with Gasteiger partial charge in [0.2, 0.25) is 5.91 Å². The fourth-order valence-electron chi connectivity index (χ4n) is 4.61. The molecule has 1 saturated carbocycles. The summed E-state index contributed by atoms with van der Waals surface area (Å²) in [4.78, 5) is 27.8. The average Bonchev–Trinajstić information content (AvgIpc) is 3.23. The highest BCUT2D eigenvalue weighted by molar-refractivity contribution is 5.96. The van der Waals surface area contributed by atoms with Gasteiger partial charge < -0.3 is 15.1 Å². The lowest BCUT2D eigenvalue weighted by Gasteiger charge is -2.37. The second kappa shape index (κ2) is 6.65. The van der Waals surface area contributed by atoms with E-state index < -0.39 is 5.82 Å². The van der Waals surface area contributed by atoms with Crippen molar-refractivity contribution in [2.75, 3.05) is 23.3 Å². The summed E-state index contributed by atoms with van der Waals surface area (Å²) < 4.78 is 14.4. The predicted octanol–water partition coefficient (Wildman–Crippen LogP) is 3.75. The Morgan fingerprint density at radius 2 is 1.96 bits per heavy atom. The van der Waals surface area contributed by atoms with Crippen LogP contribution in [-0.2, 0) is 4.79 Å². The molecule has 3 aliphatic rings. The highest BCUT2D eigenvalue weighted by atomic mass is 19.1. The van der Waals surface area contributed by atoms with Gasteiger partial charge in [-0.05, 0) is 56.2 Å². The van der Waals surface area contributed by atoms with Crippen molar-refractivity contribution < 1.29 is 14.0 Å². The first kappa shape index (κ1) is 16.4. The molecule has 0 radical (unpaired) electrons. The van der Waals surface area contributed by atoms with Crippen LogP contribution in [0.5, 0.6) is 0 Å². The molecule has 2 aliphatic heterocycles. The van der Waals surface area contributed by atoms with E-state index in [4.69, 9.17) is 0 Å². The van der Waals surface area contributed by atoms with Crippen molar-refractivity contribution in [3.05, 3.63) is 24.0 Å². The number of urea groups is 1. The monoisotopic (exact) mass is 345 g/mol. The molecule has 25 heavy (non-hydrogen) atoms. The Morgan fingerprint density at radius 1 is 1.12 bits per heavy atom. The molecule has 134 valence electrons. The van der Waals surface area contributed by atoms with Gasteiger partial charge in [-0.3, -0.25) is 4.79 Å². The zero-order chi connectivity index (χ0) is 17.4. The Balaban J connectivity index is 1.46. The molecule has 4 rings (SSSR count). The Morgan fingerprint density at radius 3 is 2.72 bits per heavy atom. The maximum atomic E-state index is 14.4. The Hall–Kier alpha value is -2.11. The van der Waals surface area contributed by atoms with E-state index in [1.54, 1.807) is 12.1 Å². The molecule has 6 heteroatoms. The molecule has 3 amide bonds. The maximum Gasteiger partial charge on any atom is 0.322 e. The van der Waals surface area contributed by atoms with Crippen molar-refractivity contribution in [3.8, 4) is 0 Å². The van der Waals surface area contributed by atoms with E-state index in [2.05, 4.69) is 5.32 Å². The SMILES string of the molecule is O=C1CCCN1c1ccc(NC(=O)N2CCC[C@@H]3CCC[C@H]32)cc1F. The molecule has 1 aliphatic carbocycles. The molecule has 2 atom stereocenters. The van der Waals surface area contributed by atoms with Gasteiger partial charge in [0.1, 0.15) is 5.82 Å². The molecule has 0 aromatic heterocycles. The van der Waals surface area contributed by atoms with Crippen LogP contribution in [0.25, 0.3) is 0 Å². The summed E-state index contributed by atoms with van der Waals surface area (Å²) >= 11 is 0. The third kappa shape index (κ3) is 3.10.